The summed E-state index contributed by atoms with van der Waals surface area (Å²) in [6.07, 6.45) is 3.84. The van der Waals surface area contributed by atoms with Crippen LogP contribution in [0.25, 0.3) is 16.2 Å². The van der Waals surface area contributed by atoms with Crippen LogP contribution in [-0.2, 0) is 11.2 Å². The van der Waals surface area contributed by atoms with E-state index in [-0.39, 0.29) is 12.3 Å². The van der Waals surface area contributed by atoms with Crippen LogP contribution in [0.4, 0.5) is 5.13 Å². The van der Waals surface area contributed by atoms with Gasteiger partial charge in [-0.05, 0) is 18.2 Å². The number of amides is 1. The fourth-order valence-electron chi connectivity index (χ4n) is 2.70. The summed E-state index contributed by atoms with van der Waals surface area (Å²) < 4.78 is 12.6. The molecule has 138 valence electrons. The molecule has 0 unspecified atom stereocenters. The average Bonchev–Trinajstić information content (AvgIpc) is 3.40. The van der Waals surface area contributed by atoms with Gasteiger partial charge in [0.05, 0.1) is 26.3 Å². The molecule has 0 spiro atoms. The molecule has 0 aliphatic heterocycles. The maximum atomic E-state index is 12.2. The van der Waals surface area contributed by atoms with Crippen molar-refractivity contribution in [2.45, 2.75) is 6.42 Å². The van der Waals surface area contributed by atoms with Crippen LogP contribution in [0, 0.1) is 0 Å². The Labute approximate surface area is 163 Å². The van der Waals surface area contributed by atoms with Gasteiger partial charge in [-0.3, -0.25) is 9.20 Å². The fourth-order valence-corrected chi connectivity index (χ4v) is 4.12. The van der Waals surface area contributed by atoms with Gasteiger partial charge in [0.15, 0.2) is 21.6 Å². The lowest BCUT2D eigenvalue weighted by molar-refractivity contribution is -0.115. The second kappa shape index (κ2) is 7.37. The summed E-state index contributed by atoms with van der Waals surface area (Å²) in [4.78, 5) is 21.8. The number of carbonyl (C=O) groups is 1. The number of benzene rings is 1. The summed E-state index contributed by atoms with van der Waals surface area (Å²) in [5.74, 6) is 1.21. The third-order valence-electron chi connectivity index (χ3n) is 3.98. The third kappa shape index (κ3) is 3.51. The molecule has 3 aromatic heterocycles. The molecule has 27 heavy (non-hydrogen) atoms. The number of imidazole rings is 1. The quantitative estimate of drug-likeness (QED) is 0.534. The van der Waals surface area contributed by atoms with Crippen molar-refractivity contribution in [3.8, 4) is 22.8 Å². The van der Waals surface area contributed by atoms with E-state index in [2.05, 4.69) is 15.3 Å². The first-order valence-electron chi connectivity index (χ1n) is 8.05. The smallest absolute Gasteiger partial charge is 0.232 e. The third-order valence-corrected chi connectivity index (χ3v) is 5.56. The van der Waals surface area contributed by atoms with Crippen molar-refractivity contribution in [2.75, 3.05) is 19.5 Å². The van der Waals surface area contributed by atoms with E-state index in [1.54, 1.807) is 20.4 Å². The standard InChI is InChI=1S/C18H16N4O3S2/c1-24-14-4-3-11(7-15(14)25-2)13-9-22-12(10-27-18(22)20-13)8-16(23)21-17-19-5-6-26-17/h3-7,9-10H,8H2,1-2H3,(H,19,21,23). The molecule has 4 rings (SSSR count). The first-order chi connectivity index (χ1) is 13.2. The van der Waals surface area contributed by atoms with Gasteiger partial charge in [0.2, 0.25) is 5.91 Å². The normalized spacial score (nSPS) is 10.9. The molecule has 0 saturated carbocycles. The number of thiazole rings is 2. The van der Waals surface area contributed by atoms with E-state index >= 15 is 0 Å². The Balaban J connectivity index is 1.59. The van der Waals surface area contributed by atoms with Gasteiger partial charge in [0.25, 0.3) is 0 Å². The minimum absolute atomic E-state index is 0.106. The van der Waals surface area contributed by atoms with E-state index < -0.39 is 0 Å². The number of methoxy groups -OCH3 is 2. The molecular weight excluding hydrogens is 384 g/mol. The monoisotopic (exact) mass is 400 g/mol. The number of nitrogens with zero attached hydrogens (tertiary/aromatic N) is 3. The van der Waals surface area contributed by atoms with Crippen molar-refractivity contribution in [1.82, 2.24) is 14.4 Å². The van der Waals surface area contributed by atoms with E-state index in [0.717, 1.165) is 21.9 Å². The first-order valence-corrected chi connectivity index (χ1v) is 9.81. The van der Waals surface area contributed by atoms with Gasteiger partial charge in [0.1, 0.15) is 0 Å². The lowest BCUT2D eigenvalue weighted by Crippen LogP contribution is -2.15. The summed E-state index contributed by atoms with van der Waals surface area (Å²) in [5.41, 5.74) is 2.61. The van der Waals surface area contributed by atoms with Crippen molar-refractivity contribution in [1.29, 1.82) is 0 Å². The molecule has 0 aliphatic carbocycles. The predicted octanol–water partition coefficient (Wildman–Crippen LogP) is 3.72. The summed E-state index contributed by atoms with van der Waals surface area (Å²) in [5, 5.41) is 7.17. The topological polar surface area (TPSA) is 77.8 Å². The van der Waals surface area contributed by atoms with Crippen LogP contribution in [-0.4, -0.2) is 34.5 Å². The van der Waals surface area contributed by atoms with Gasteiger partial charge in [-0.1, -0.05) is 0 Å². The number of carbonyl (C=O) groups excluding carboxylic acids is 1. The van der Waals surface area contributed by atoms with Crippen molar-refractivity contribution in [2.24, 2.45) is 0 Å². The summed E-state index contributed by atoms with van der Waals surface area (Å²) in [6, 6.07) is 5.67. The highest BCUT2D eigenvalue weighted by molar-refractivity contribution is 7.15. The number of hydrogen-bond acceptors (Lipinski definition) is 7. The second-order valence-electron chi connectivity index (χ2n) is 5.64. The Morgan fingerprint density at radius 1 is 1.22 bits per heavy atom. The minimum atomic E-state index is -0.106. The molecule has 7 nitrogen and oxygen atoms in total. The Morgan fingerprint density at radius 2 is 2.07 bits per heavy atom. The molecular formula is C18H16N4O3S2. The van der Waals surface area contributed by atoms with Crippen molar-refractivity contribution < 1.29 is 14.3 Å². The highest BCUT2D eigenvalue weighted by atomic mass is 32.1. The van der Waals surface area contributed by atoms with Gasteiger partial charge in [0, 0.05) is 34.4 Å². The highest BCUT2D eigenvalue weighted by Gasteiger charge is 2.14. The van der Waals surface area contributed by atoms with Crippen LogP contribution >= 0.6 is 22.7 Å². The number of ether oxygens (including phenoxy) is 2. The van der Waals surface area contributed by atoms with E-state index in [1.165, 1.54) is 22.7 Å². The molecule has 3 heterocycles. The van der Waals surface area contributed by atoms with Gasteiger partial charge in [-0.25, -0.2) is 9.97 Å². The second-order valence-corrected chi connectivity index (χ2v) is 7.37. The molecule has 0 bridgehead atoms. The number of rotatable bonds is 6. The Hall–Kier alpha value is -2.91. The van der Waals surface area contributed by atoms with Crippen molar-refractivity contribution in [3.05, 3.63) is 47.0 Å². The SMILES string of the molecule is COc1ccc(-c2cn3c(CC(=O)Nc4nccs4)csc3n2)cc1OC. The largest absolute Gasteiger partial charge is 0.493 e. The highest BCUT2D eigenvalue weighted by Crippen LogP contribution is 2.32. The maximum absolute atomic E-state index is 12.2. The average molecular weight is 400 g/mol. The van der Waals surface area contributed by atoms with Crippen molar-refractivity contribution >= 4 is 38.7 Å². The first kappa shape index (κ1) is 17.5. The summed E-state index contributed by atoms with van der Waals surface area (Å²) in [6.45, 7) is 0. The summed E-state index contributed by atoms with van der Waals surface area (Å²) >= 11 is 2.89. The van der Waals surface area contributed by atoms with Crippen LogP contribution in [0.2, 0.25) is 0 Å². The number of hydrogen-bond donors (Lipinski definition) is 1. The number of fused-ring (bicyclic) bond motifs is 1. The Kier molecular flexibility index (Phi) is 4.78. The number of anilines is 1. The molecule has 9 heteroatoms. The van der Waals surface area contributed by atoms with Gasteiger partial charge >= 0.3 is 0 Å². The van der Waals surface area contributed by atoms with Gasteiger partial charge in [-0.2, -0.15) is 0 Å². The van der Waals surface area contributed by atoms with Gasteiger partial charge < -0.3 is 14.8 Å². The molecule has 0 saturated heterocycles. The maximum Gasteiger partial charge on any atom is 0.232 e. The van der Waals surface area contributed by atoms with Crippen LogP contribution in [0.1, 0.15) is 5.69 Å². The summed E-state index contributed by atoms with van der Waals surface area (Å²) in [7, 11) is 3.21. The molecule has 0 atom stereocenters. The van der Waals surface area contributed by atoms with E-state index in [9.17, 15) is 4.79 Å². The van der Waals surface area contributed by atoms with Crippen LogP contribution in [0.15, 0.2) is 41.4 Å². The minimum Gasteiger partial charge on any atom is -0.493 e. The van der Waals surface area contributed by atoms with Crippen LogP contribution in [0.3, 0.4) is 0 Å². The van der Waals surface area contributed by atoms with Crippen LogP contribution < -0.4 is 14.8 Å². The predicted molar refractivity (Wildman–Crippen MR) is 106 cm³/mol. The Bertz CT molecular complexity index is 1090. The zero-order valence-electron chi connectivity index (χ0n) is 14.6. The fraction of sp³-hybridized carbons (Fsp3) is 0.167. The van der Waals surface area contributed by atoms with E-state index in [4.69, 9.17) is 9.47 Å². The van der Waals surface area contributed by atoms with Crippen LogP contribution in [0.5, 0.6) is 11.5 Å². The van der Waals surface area contributed by atoms with E-state index in [0.29, 0.717) is 16.6 Å². The van der Waals surface area contributed by atoms with Gasteiger partial charge in [-0.15, -0.1) is 22.7 Å². The molecule has 1 N–H and O–H groups in total. The molecule has 0 aliphatic rings. The lowest BCUT2D eigenvalue weighted by Gasteiger charge is -2.08. The molecule has 0 fully saturated rings. The molecule has 0 radical (unpaired) electrons. The number of nitrogens with one attached hydrogen (secondary N) is 1. The van der Waals surface area contributed by atoms with Crippen molar-refractivity contribution in [3.63, 3.8) is 0 Å². The molecule has 1 amide bonds. The lowest BCUT2D eigenvalue weighted by atomic mass is 10.1. The number of aromatic nitrogens is 3. The van der Waals surface area contributed by atoms with E-state index in [1.807, 2.05) is 39.6 Å². The zero-order chi connectivity index (χ0) is 18.8. The molecule has 1 aromatic carbocycles. The zero-order valence-corrected chi connectivity index (χ0v) is 16.3. The molecule has 4 aromatic rings. The Morgan fingerprint density at radius 3 is 2.81 bits per heavy atom.